The molecule has 0 saturated heterocycles. The van der Waals surface area contributed by atoms with E-state index < -0.39 is 0 Å². The first-order chi connectivity index (χ1) is 12.8. The van der Waals surface area contributed by atoms with Crippen LogP contribution in [0.4, 0.5) is 0 Å². The predicted molar refractivity (Wildman–Crippen MR) is 110 cm³/mol. The van der Waals surface area contributed by atoms with E-state index in [1.807, 2.05) is 12.1 Å². The van der Waals surface area contributed by atoms with Gasteiger partial charge in [0, 0.05) is 34.0 Å². The van der Waals surface area contributed by atoms with Gasteiger partial charge in [-0.25, -0.2) is 0 Å². The van der Waals surface area contributed by atoms with Gasteiger partial charge in [0.15, 0.2) is 0 Å². The fourth-order valence-electron chi connectivity index (χ4n) is 4.20. The number of hydrogen-bond acceptors (Lipinski definition) is 0. The summed E-state index contributed by atoms with van der Waals surface area (Å²) in [4.78, 5) is 3.44. The monoisotopic (exact) mass is 355 g/mol. The molecule has 0 fully saturated rings. The second-order valence-electron chi connectivity index (χ2n) is 6.80. The molecule has 0 radical (unpaired) electrons. The molecular formula is C24H18ClN. The molecule has 2 unspecified atom stereocenters. The average Bonchev–Trinajstić information content (AvgIpc) is 3.29. The van der Waals surface area contributed by atoms with Crippen LogP contribution in [0.5, 0.6) is 0 Å². The quantitative estimate of drug-likeness (QED) is 0.417. The van der Waals surface area contributed by atoms with Crippen LogP contribution in [0.25, 0.3) is 17.0 Å². The zero-order valence-corrected chi connectivity index (χ0v) is 14.9. The van der Waals surface area contributed by atoms with E-state index in [-0.39, 0.29) is 11.8 Å². The lowest BCUT2D eigenvalue weighted by atomic mass is 9.78. The molecule has 1 heterocycles. The Morgan fingerprint density at radius 3 is 2.50 bits per heavy atom. The van der Waals surface area contributed by atoms with E-state index >= 15 is 0 Å². The van der Waals surface area contributed by atoms with Crippen LogP contribution in [0, 0.1) is 0 Å². The molecule has 2 atom stereocenters. The number of fused-ring (bicyclic) bond motifs is 2. The number of para-hydroxylation sites is 1. The second kappa shape index (κ2) is 6.19. The van der Waals surface area contributed by atoms with E-state index in [1.54, 1.807) is 0 Å². The lowest BCUT2D eigenvalue weighted by Crippen LogP contribution is -2.10. The van der Waals surface area contributed by atoms with Crippen molar-refractivity contribution in [1.29, 1.82) is 0 Å². The molecule has 1 nitrogen and oxygen atoms in total. The Morgan fingerprint density at radius 1 is 0.808 bits per heavy atom. The van der Waals surface area contributed by atoms with Crippen molar-refractivity contribution >= 4 is 28.6 Å². The highest BCUT2D eigenvalue weighted by Crippen LogP contribution is 2.47. The molecule has 4 aromatic rings. The number of hydrogen-bond donors (Lipinski definition) is 1. The van der Waals surface area contributed by atoms with Crippen LogP contribution in [-0.4, -0.2) is 4.98 Å². The Bertz CT molecular complexity index is 1120. The maximum absolute atomic E-state index is 6.66. The van der Waals surface area contributed by atoms with E-state index in [9.17, 15) is 0 Å². The minimum Gasteiger partial charge on any atom is -0.361 e. The lowest BCUT2D eigenvalue weighted by molar-refractivity contribution is 0.729. The molecular weight excluding hydrogens is 338 g/mol. The number of aromatic amines is 1. The van der Waals surface area contributed by atoms with Crippen LogP contribution in [0.1, 0.15) is 34.1 Å². The minimum atomic E-state index is 0.166. The van der Waals surface area contributed by atoms with Crippen LogP contribution in [0.2, 0.25) is 5.02 Å². The van der Waals surface area contributed by atoms with E-state index in [4.69, 9.17) is 11.6 Å². The standard InChI is InChI=1S/C24H18ClN/c25-22-11-5-3-10-20(22)24(19-14-13-16-7-1-2-8-17(16)19)21-15-26-23-12-6-4-9-18(21)23/h1-15,19,24,26H. The Kier molecular flexibility index (Phi) is 3.69. The summed E-state index contributed by atoms with van der Waals surface area (Å²) in [7, 11) is 0. The first-order valence-corrected chi connectivity index (χ1v) is 9.28. The van der Waals surface area contributed by atoms with Gasteiger partial charge < -0.3 is 4.98 Å². The largest absolute Gasteiger partial charge is 0.361 e. The smallest absolute Gasteiger partial charge is 0.0457 e. The zero-order chi connectivity index (χ0) is 17.5. The van der Waals surface area contributed by atoms with Crippen LogP contribution in [-0.2, 0) is 0 Å². The van der Waals surface area contributed by atoms with Crippen molar-refractivity contribution in [3.8, 4) is 0 Å². The van der Waals surface area contributed by atoms with Gasteiger partial charge in [0.1, 0.15) is 0 Å². The Labute approximate surface area is 158 Å². The zero-order valence-electron chi connectivity index (χ0n) is 14.2. The summed E-state index contributed by atoms with van der Waals surface area (Å²) in [5.74, 6) is 0.435. The van der Waals surface area contributed by atoms with Gasteiger partial charge in [-0.15, -0.1) is 0 Å². The molecule has 126 valence electrons. The summed E-state index contributed by atoms with van der Waals surface area (Å²) < 4.78 is 0. The number of rotatable bonds is 3. The highest BCUT2D eigenvalue weighted by atomic mass is 35.5. The van der Waals surface area contributed by atoms with Crippen LogP contribution in [0.15, 0.2) is 85.1 Å². The molecule has 1 aliphatic rings. The molecule has 0 aliphatic heterocycles. The summed E-state index contributed by atoms with van der Waals surface area (Å²) in [6.45, 7) is 0. The third kappa shape index (κ3) is 2.40. The van der Waals surface area contributed by atoms with Crippen molar-refractivity contribution in [2.24, 2.45) is 0 Å². The van der Waals surface area contributed by atoms with Crippen molar-refractivity contribution in [2.45, 2.75) is 11.8 Å². The van der Waals surface area contributed by atoms with Crippen molar-refractivity contribution in [3.05, 3.63) is 112 Å². The van der Waals surface area contributed by atoms with Gasteiger partial charge >= 0.3 is 0 Å². The average molecular weight is 356 g/mol. The third-order valence-corrected chi connectivity index (χ3v) is 5.74. The number of H-pyrrole nitrogens is 1. The van der Waals surface area contributed by atoms with Crippen molar-refractivity contribution < 1.29 is 0 Å². The summed E-state index contributed by atoms with van der Waals surface area (Å²) in [6, 6.07) is 25.3. The molecule has 0 bridgehead atoms. The number of nitrogens with one attached hydrogen (secondary N) is 1. The van der Waals surface area contributed by atoms with Crippen LogP contribution < -0.4 is 0 Å². The van der Waals surface area contributed by atoms with Gasteiger partial charge in [-0.1, -0.05) is 84.4 Å². The van der Waals surface area contributed by atoms with Gasteiger partial charge in [-0.3, -0.25) is 0 Å². The molecule has 26 heavy (non-hydrogen) atoms. The van der Waals surface area contributed by atoms with Crippen molar-refractivity contribution in [2.75, 3.05) is 0 Å². The molecule has 0 spiro atoms. The van der Waals surface area contributed by atoms with Gasteiger partial charge in [0.25, 0.3) is 0 Å². The number of halogens is 1. The molecule has 1 N–H and O–H groups in total. The lowest BCUT2D eigenvalue weighted by Gasteiger charge is -2.25. The topological polar surface area (TPSA) is 15.8 Å². The maximum atomic E-state index is 6.66. The second-order valence-corrected chi connectivity index (χ2v) is 7.21. The fraction of sp³-hybridized carbons (Fsp3) is 0.0833. The Morgan fingerprint density at radius 2 is 1.58 bits per heavy atom. The number of allylic oxidation sites excluding steroid dienone is 1. The molecule has 2 heteroatoms. The summed E-state index contributed by atoms with van der Waals surface area (Å²) in [6.07, 6.45) is 6.70. The summed E-state index contributed by atoms with van der Waals surface area (Å²) >= 11 is 6.66. The van der Waals surface area contributed by atoms with Gasteiger partial charge in [0.05, 0.1) is 0 Å². The van der Waals surface area contributed by atoms with E-state index in [2.05, 4.69) is 84.0 Å². The molecule has 1 aromatic heterocycles. The first-order valence-electron chi connectivity index (χ1n) is 8.90. The number of benzene rings is 3. The van der Waals surface area contributed by atoms with Gasteiger partial charge in [-0.05, 0) is 34.4 Å². The van der Waals surface area contributed by atoms with Crippen LogP contribution >= 0.6 is 11.6 Å². The highest BCUT2D eigenvalue weighted by Gasteiger charge is 2.31. The minimum absolute atomic E-state index is 0.166. The normalized spacial score (nSPS) is 16.7. The van der Waals surface area contributed by atoms with Crippen molar-refractivity contribution in [1.82, 2.24) is 4.98 Å². The highest BCUT2D eigenvalue weighted by molar-refractivity contribution is 6.31. The SMILES string of the molecule is Clc1ccccc1C(c1c[nH]c2ccccc12)C1C=Cc2ccccc21. The predicted octanol–water partition coefficient (Wildman–Crippen LogP) is 6.76. The molecule has 0 saturated carbocycles. The fourth-order valence-corrected chi connectivity index (χ4v) is 4.45. The van der Waals surface area contributed by atoms with Crippen LogP contribution in [0.3, 0.4) is 0 Å². The Balaban J connectivity index is 1.75. The number of aromatic nitrogens is 1. The first kappa shape index (κ1) is 15.5. The molecule has 0 amide bonds. The molecule has 3 aromatic carbocycles. The van der Waals surface area contributed by atoms with Crippen molar-refractivity contribution in [3.63, 3.8) is 0 Å². The van der Waals surface area contributed by atoms with Gasteiger partial charge in [-0.2, -0.15) is 0 Å². The third-order valence-electron chi connectivity index (χ3n) is 5.39. The molecule has 1 aliphatic carbocycles. The van der Waals surface area contributed by atoms with E-state index in [0.29, 0.717) is 0 Å². The Hall–Kier alpha value is -2.77. The van der Waals surface area contributed by atoms with E-state index in [1.165, 1.54) is 27.6 Å². The summed E-state index contributed by atoms with van der Waals surface area (Å²) in [5, 5.41) is 2.08. The van der Waals surface area contributed by atoms with Gasteiger partial charge in [0.2, 0.25) is 0 Å². The summed E-state index contributed by atoms with van der Waals surface area (Å²) in [5.41, 5.74) is 6.29. The molecule has 5 rings (SSSR count). The van der Waals surface area contributed by atoms with E-state index in [0.717, 1.165) is 10.5 Å². The maximum Gasteiger partial charge on any atom is 0.0457 e.